The summed E-state index contributed by atoms with van der Waals surface area (Å²) in [5.74, 6) is 0.302. The number of hydrogen-bond acceptors (Lipinski definition) is 3. The van der Waals surface area contributed by atoms with E-state index in [1.807, 2.05) is 24.3 Å². The number of benzene rings is 1. The number of piperazine rings is 1. The second-order valence-corrected chi connectivity index (χ2v) is 7.96. The number of aliphatic hydroxyl groups is 1. The van der Waals surface area contributed by atoms with Crippen LogP contribution in [0.5, 0.6) is 0 Å². The Labute approximate surface area is 149 Å². The number of halogens is 1. The highest BCUT2D eigenvalue weighted by molar-refractivity contribution is 9.10. The minimum atomic E-state index is -0.176. The van der Waals surface area contributed by atoms with Gasteiger partial charge in [-0.3, -0.25) is 9.59 Å². The molecule has 2 aliphatic heterocycles. The maximum absolute atomic E-state index is 12.5. The lowest BCUT2D eigenvalue weighted by atomic mass is 9.73. The van der Waals surface area contributed by atoms with E-state index in [4.69, 9.17) is 0 Å². The summed E-state index contributed by atoms with van der Waals surface area (Å²) in [6.07, 6.45) is 3.02. The molecule has 3 atom stereocenters. The van der Waals surface area contributed by atoms with Gasteiger partial charge in [0.15, 0.2) is 0 Å². The van der Waals surface area contributed by atoms with Crippen molar-refractivity contribution >= 4 is 27.7 Å². The monoisotopic (exact) mass is 392 g/mol. The minimum Gasteiger partial charge on any atom is -0.394 e. The van der Waals surface area contributed by atoms with Crippen LogP contribution in [0.1, 0.15) is 30.7 Å². The topological polar surface area (TPSA) is 60.9 Å². The molecule has 3 fully saturated rings. The molecule has 128 valence electrons. The molecule has 0 radical (unpaired) electrons. The molecule has 2 heterocycles. The van der Waals surface area contributed by atoms with Crippen molar-refractivity contribution in [2.24, 2.45) is 5.92 Å². The summed E-state index contributed by atoms with van der Waals surface area (Å²) >= 11 is 3.44. The first-order valence-electron chi connectivity index (χ1n) is 8.56. The van der Waals surface area contributed by atoms with Crippen LogP contribution < -0.4 is 0 Å². The third kappa shape index (κ3) is 2.47. The van der Waals surface area contributed by atoms with Crippen molar-refractivity contribution in [2.45, 2.75) is 37.3 Å². The van der Waals surface area contributed by atoms with Crippen molar-refractivity contribution in [3.05, 3.63) is 34.3 Å². The summed E-state index contributed by atoms with van der Waals surface area (Å²) in [6, 6.07) is 7.83. The van der Waals surface area contributed by atoms with Crippen LogP contribution in [0.25, 0.3) is 0 Å². The van der Waals surface area contributed by atoms with Crippen LogP contribution in [0, 0.1) is 5.92 Å². The van der Waals surface area contributed by atoms with Crippen molar-refractivity contribution in [2.75, 3.05) is 19.7 Å². The Kier molecular flexibility index (Phi) is 4.12. The highest BCUT2D eigenvalue weighted by Crippen LogP contribution is 2.43. The summed E-state index contributed by atoms with van der Waals surface area (Å²) in [5, 5.41) is 9.76. The SMILES string of the molecule is O=C(C1CCC1)N1CC(=O)N2[C@H](C1)[C@@H](c1ccc(Br)cc1)[C@@H]2CO. The molecule has 1 aliphatic carbocycles. The zero-order valence-corrected chi connectivity index (χ0v) is 15.0. The molecule has 4 rings (SSSR count). The van der Waals surface area contributed by atoms with Crippen LogP contribution in [0.15, 0.2) is 28.7 Å². The molecular formula is C18H21BrN2O3. The fraction of sp³-hybridized carbons (Fsp3) is 0.556. The maximum atomic E-state index is 12.5. The molecule has 1 aromatic rings. The molecule has 3 aliphatic rings. The van der Waals surface area contributed by atoms with Gasteiger partial charge in [-0.25, -0.2) is 0 Å². The number of fused-ring (bicyclic) bond motifs is 1. The van der Waals surface area contributed by atoms with E-state index < -0.39 is 0 Å². The summed E-state index contributed by atoms with van der Waals surface area (Å²) in [6.45, 7) is 0.702. The standard InChI is InChI=1S/C18H21BrN2O3/c19-13-6-4-11(5-7-13)17-14-8-20(18(24)12-2-1-3-12)9-16(23)21(14)15(17)10-22/h4-7,12,14-15,17,22H,1-3,8-10H2/t14-,15+,17-/m1/s1. The van der Waals surface area contributed by atoms with Crippen LogP contribution >= 0.6 is 15.9 Å². The molecule has 0 bridgehead atoms. The first-order chi connectivity index (χ1) is 11.6. The van der Waals surface area contributed by atoms with Gasteiger partial charge in [-0.15, -0.1) is 0 Å². The Bertz CT molecular complexity index is 659. The molecule has 0 unspecified atom stereocenters. The molecular weight excluding hydrogens is 372 g/mol. The lowest BCUT2D eigenvalue weighted by Crippen LogP contribution is -2.73. The van der Waals surface area contributed by atoms with E-state index in [9.17, 15) is 14.7 Å². The highest BCUT2D eigenvalue weighted by atomic mass is 79.9. The lowest BCUT2D eigenvalue weighted by Gasteiger charge is -2.59. The Morgan fingerprint density at radius 1 is 1.25 bits per heavy atom. The molecule has 0 spiro atoms. The number of rotatable bonds is 3. The van der Waals surface area contributed by atoms with Crippen LogP contribution in [0.4, 0.5) is 0 Å². The second kappa shape index (κ2) is 6.15. The molecule has 24 heavy (non-hydrogen) atoms. The number of amides is 2. The molecule has 6 heteroatoms. The summed E-state index contributed by atoms with van der Waals surface area (Å²) in [5.41, 5.74) is 1.12. The zero-order chi connectivity index (χ0) is 16.8. The molecule has 5 nitrogen and oxygen atoms in total. The number of hydrogen-bond donors (Lipinski definition) is 1. The van der Waals surface area contributed by atoms with Gasteiger partial charge in [0.2, 0.25) is 11.8 Å². The van der Waals surface area contributed by atoms with Gasteiger partial charge in [-0.05, 0) is 30.5 Å². The van der Waals surface area contributed by atoms with E-state index in [2.05, 4.69) is 15.9 Å². The molecule has 1 aromatic carbocycles. The van der Waals surface area contributed by atoms with Crippen molar-refractivity contribution in [1.29, 1.82) is 0 Å². The van der Waals surface area contributed by atoms with E-state index >= 15 is 0 Å². The molecule has 0 aromatic heterocycles. The fourth-order valence-electron chi connectivity index (χ4n) is 4.27. The van der Waals surface area contributed by atoms with Crippen molar-refractivity contribution < 1.29 is 14.7 Å². The molecule has 1 N–H and O–H groups in total. The molecule has 2 amide bonds. The van der Waals surface area contributed by atoms with Crippen LogP contribution in [-0.2, 0) is 9.59 Å². The summed E-state index contributed by atoms with van der Waals surface area (Å²) < 4.78 is 1.00. The Hall–Kier alpha value is -1.40. The lowest BCUT2D eigenvalue weighted by molar-refractivity contribution is -0.169. The van der Waals surface area contributed by atoms with Crippen molar-refractivity contribution in [1.82, 2.24) is 9.80 Å². The van der Waals surface area contributed by atoms with Gasteiger partial charge >= 0.3 is 0 Å². The van der Waals surface area contributed by atoms with Crippen LogP contribution in [0.2, 0.25) is 0 Å². The average molecular weight is 393 g/mol. The van der Waals surface area contributed by atoms with Crippen molar-refractivity contribution in [3.8, 4) is 0 Å². The summed E-state index contributed by atoms with van der Waals surface area (Å²) in [4.78, 5) is 28.6. The van der Waals surface area contributed by atoms with E-state index in [1.54, 1.807) is 9.80 Å². The van der Waals surface area contributed by atoms with Gasteiger partial charge in [-0.2, -0.15) is 0 Å². The summed E-state index contributed by atoms with van der Waals surface area (Å²) in [7, 11) is 0. The first kappa shape index (κ1) is 16.1. The van der Waals surface area contributed by atoms with Gasteiger partial charge in [0.05, 0.1) is 25.2 Å². The predicted octanol–water partition coefficient (Wildman–Crippen LogP) is 1.75. The molecule has 2 saturated heterocycles. The van der Waals surface area contributed by atoms with Crippen molar-refractivity contribution in [3.63, 3.8) is 0 Å². The van der Waals surface area contributed by atoms with E-state index in [1.165, 1.54) is 0 Å². The Morgan fingerprint density at radius 2 is 1.96 bits per heavy atom. The average Bonchev–Trinajstić information content (AvgIpc) is 2.49. The zero-order valence-electron chi connectivity index (χ0n) is 13.4. The van der Waals surface area contributed by atoms with Gasteiger partial charge < -0.3 is 14.9 Å². The molecule has 1 saturated carbocycles. The van der Waals surface area contributed by atoms with Gasteiger partial charge in [0.1, 0.15) is 0 Å². The number of aliphatic hydroxyl groups excluding tert-OH is 1. The quantitative estimate of drug-likeness (QED) is 0.851. The second-order valence-electron chi connectivity index (χ2n) is 7.04. The number of carbonyl (C=O) groups excluding carboxylic acids is 2. The van der Waals surface area contributed by atoms with Gasteiger partial charge in [0, 0.05) is 22.9 Å². The largest absolute Gasteiger partial charge is 0.394 e. The number of nitrogens with zero attached hydrogens (tertiary/aromatic N) is 2. The van der Waals surface area contributed by atoms with E-state index in [0.29, 0.717) is 6.54 Å². The normalized spacial score (nSPS) is 29.8. The Balaban J connectivity index is 1.56. The maximum Gasteiger partial charge on any atom is 0.242 e. The predicted molar refractivity (Wildman–Crippen MR) is 92.3 cm³/mol. The van der Waals surface area contributed by atoms with Crippen LogP contribution in [-0.4, -0.2) is 58.5 Å². The smallest absolute Gasteiger partial charge is 0.242 e. The first-order valence-corrected chi connectivity index (χ1v) is 9.35. The Morgan fingerprint density at radius 3 is 2.54 bits per heavy atom. The fourth-order valence-corrected chi connectivity index (χ4v) is 4.53. The van der Waals surface area contributed by atoms with E-state index in [-0.39, 0.29) is 48.9 Å². The van der Waals surface area contributed by atoms with E-state index in [0.717, 1.165) is 29.3 Å². The van der Waals surface area contributed by atoms with Gasteiger partial charge in [-0.1, -0.05) is 34.5 Å². The third-order valence-corrected chi connectivity index (χ3v) is 6.30. The highest BCUT2D eigenvalue weighted by Gasteiger charge is 2.54. The minimum absolute atomic E-state index is 0.0198. The van der Waals surface area contributed by atoms with Crippen LogP contribution in [0.3, 0.4) is 0 Å². The third-order valence-electron chi connectivity index (χ3n) is 5.77. The van der Waals surface area contributed by atoms with Gasteiger partial charge in [0.25, 0.3) is 0 Å². The number of carbonyl (C=O) groups is 2.